The summed E-state index contributed by atoms with van der Waals surface area (Å²) in [5.41, 5.74) is 5.81. The molecule has 0 saturated carbocycles. The van der Waals surface area contributed by atoms with Crippen LogP contribution in [-0.4, -0.2) is 34.8 Å². The number of amidine groups is 1. The van der Waals surface area contributed by atoms with E-state index in [1.54, 1.807) is 18.1 Å². The molecule has 1 atom stereocenters. The Bertz CT molecular complexity index is 407. The molecule has 0 amide bonds. The molecule has 1 aromatic rings. The van der Waals surface area contributed by atoms with Gasteiger partial charge in [0, 0.05) is 12.7 Å². The number of rotatable bonds is 5. The zero-order chi connectivity index (χ0) is 14.5. The minimum absolute atomic E-state index is 0.0829. The second-order valence-corrected chi connectivity index (χ2v) is 6.95. The summed E-state index contributed by atoms with van der Waals surface area (Å²) in [4.78, 5) is 8.86. The van der Waals surface area contributed by atoms with Crippen molar-refractivity contribution in [2.75, 3.05) is 13.6 Å². The fourth-order valence-electron chi connectivity index (χ4n) is 1.60. The molecule has 1 rings (SSSR count). The lowest BCUT2D eigenvalue weighted by molar-refractivity contribution is 0.288. The molecule has 1 aromatic heterocycles. The van der Waals surface area contributed by atoms with E-state index in [0.717, 1.165) is 11.6 Å². The van der Waals surface area contributed by atoms with E-state index < -0.39 is 0 Å². The van der Waals surface area contributed by atoms with Gasteiger partial charge >= 0.3 is 0 Å². The van der Waals surface area contributed by atoms with E-state index in [1.807, 2.05) is 25.1 Å². The molecule has 0 aliphatic heterocycles. The summed E-state index contributed by atoms with van der Waals surface area (Å²) in [6.45, 7) is 9.22. The third-order valence-electron chi connectivity index (χ3n) is 2.68. The van der Waals surface area contributed by atoms with Gasteiger partial charge in [0.25, 0.3) is 0 Å². The van der Waals surface area contributed by atoms with Crippen LogP contribution in [0.4, 0.5) is 0 Å². The molecule has 0 aliphatic rings. The van der Waals surface area contributed by atoms with Crippen LogP contribution >= 0.6 is 11.9 Å². The highest BCUT2D eigenvalue weighted by Crippen LogP contribution is 2.26. The number of hydrogen-bond donors (Lipinski definition) is 1. The van der Waals surface area contributed by atoms with Gasteiger partial charge in [0.05, 0.1) is 11.9 Å². The van der Waals surface area contributed by atoms with E-state index in [2.05, 4.69) is 42.1 Å². The lowest BCUT2D eigenvalue weighted by Gasteiger charge is -2.30. The third-order valence-corrected chi connectivity index (χ3v) is 3.57. The molecular weight excluding hydrogens is 256 g/mol. The van der Waals surface area contributed by atoms with Crippen LogP contribution in [0.15, 0.2) is 34.4 Å². The Hall–Kier alpha value is -1.07. The number of likely N-dealkylation sites (N-methyl/N-ethyl adjacent to an activating group) is 1. The van der Waals surface area contributed by atoms with E-state index in [-0.39, 0.29) is 11.5 Å². The Labute approximate surface area is 120 Å². The first-order valence-electron chi connectivity index (χ1n) is 6.39. The Kier molecular flexibility index (Phi) is 5.82. The van der Waals surface area contributed by atoms with E-state index in [1.165, 1.54) is 0 Å². The van der Waals surface area contributed by atoms with Gasteiger partial charge < -0.3 is 5.73 Å². The zero-order valence-corrected chi connectivity index (χ0v) is 13.2. The van der Waals surface area contributed by atoms with Crippen molar-refractivity contribution >= 4 is 17.8 Å². The first-order chi connectivity index (χ1) is 8.79. The summed E-state index contributed by atoms with van der Waals surface area (Å²) in [5.74, 6) is 0.635. The standard InChI is InChI=1S/C14H24N4S/c1-11(15)17-12(14(2,3)4)10-18(5)19-13-8-6-7-9-16-13/h6-9,12H,10H2,1-5H3,(H2,15,17). The first kappa shape index (κ1) is 16.0. The average Bonchev–Trinajstić information content (AvgIpc) is 2.27. The largest absolute Gasteiger partial charge is 0.388 e. The highest BCUT2D eigenvalue weighted by molar-refractivity contribution is 7.96. The lowest BCUT2D eigenvalue weighted by atomic mass is 9.87. The number of nitrogens with two attached hydrogens (primary N) is 1. The van der Waals surface area contributed by atoms with Crippen LogP contribution < -0.4 is 5.73 Å². The monoisotopic (exact) mass is 280 g/mol. The normalized spacial score (nSPS) is 14.7. The summed E-state index contributed by atoms with van der Waals surface area (Å²) in [5, 5.41) is 0.992. The predicted molar refractivity (Wildman–Crippen MR) is 83.3 cm³/mol. The van der Waals surface area contributed by atoms with Gasteiger partial charge in [0.15, 0.2) is 0 Å². The summed E-state index contributed by atoms with van der Waals surface area (Å²) in [6.07, 6.45) is 1.81. The van der Waals surface area contributed by atoms with Crippen LogP contribution in [0.3, 0.4) is 0 Å². The SMILES string of the molecule is CC(N)=NC(CN(C)Sc1ccccn1)C(C)(C)C. The molecule has 0 bridgehead atoms. The lowest BCUT2D eigenvalue weighted by Crippen LogP contribution is -2.35. The molecule has 0 saturated heterocycles. The second kappa shape index (κ2) is 6.91. The minimum atomic E-state index is 0.0829. The average molecular weight is 280 g/mol. The summed E-state index contributed by atoms with van der Waals surface area (Å²) in [6, 6.07) is 6.08. The summed E-state index contributed by atoms with van der Waals surface area (Å²) in [7, 11) is 2.06. The van der Waals surface area contributed by atoms with Gasteiger partial charge in [-0.15, -0.1) is 0 Å². The van der Waals surface area contributed by atoms with E-state index in [9.17, 15) is 0 Å². The molecule has 2 N–H and O–H groups in total. The Morgan fingerprint density at radius 1 is 1.47 bits per heavy atom. The van der Waals surface area contributed by atoms with Crippen molar-refractivity contribution in [2.24, 2.45) is 16.1 Å². The molecule has 0 spiro atoms. The molecule has 0 aliphatic carbocycles. The smallest absolute Gasteiger partial charge is 0.111 e. The quantitative estimate of drug-likeness (QED) is 0.512. The molecule has 1 unspecified atom stereocenters. The maximum absolute atomic E-state index is 5.73. The number of pyridine rings is 1. The van der Waals surface area contributed by atoms with E-state index in [4.69, 9.17) is 5.73 Å². The van der Waals surface area contributed by atoms with Crippen LogP contribution in [0.25, 0.3) is 0 Å². The Balaban J connectivity index is 2.67. The highest BCUT2D eigenvalue weighted by atomic mass is 32.2. The third kappa shape index (κ3) is 6.07. The molecule has 5 heteroatoms. The Morgan fingerprint density at radius 3 is 2.63 bits per heavy atom. The van der Waals surface area contributed by atoms with Crippen molar-refractivity contribution in [3.63, 3.8) is 0 Å². The van der Waals surface area contributed by atoms with Gasteiger partial charge in [0.2, 0.25) is 0 Å². The number of aromatic nitrogens is 1. The van der Waals surface area contributed by atoms with Crippen molar-refractivity contribution in [3.8, 4) is 0 Å². The molecule has 0 fully saturated rings. The molecule has 0 radical (unpaired) electrons. The number of hydrogen-bond acceptors (Lipinski definition) is 4. The Morgan fingerprint density at radius 2 is 2.16 bits per heavy atom. The molecule has 106 valence electrons. The van der Waals surface area contributed by atoms with Gasteiger partial charge in [-0.2, -0.15) is 0 Å². The topological polar surface area (TPSA) is 54.5 Å². The van der Waals surface area contributed by atoms with Crippen LogP contribution in [0.5, 0.6) is 0 Å². The second-order valence-electron chi connectivity index (χ2n) is 5.72. The van der Waals surface area contributed by atoms with Crippen molar-refractivity contribution < 1.29 is 0 Å². The van der Waals surface area contributed by atoms with Gasteiger partial charge in [-0.3, -0.25) is 4.99 Å². The number of nitrogens with zero attached hydrogens (tertiary/aromatic N) is 3. The predicted octanol–water partition coefficient (Wildman–Crippen LogP) is 2.81. The van der Waals surface area contributed by atoms with Crippen LogP contribution in [0.1, 0.15) is 27.7 Å². The summed E-state index contributed by atoms with van der Waals surface area (Å²) < 4.78 is 2.16. The van der Waals surface area contributed by atoms with Crippen LogP contribution in [0, 0.1) is 5.41 Å². The van der Waals surface area contributed by atoms with E-state index >= 15 is 0 Å². The van der Waals surface area contributed by atoms with E-state index in [0.29, 0.717) is 5.84 Å². The van der Waals surface area contributed by atoms with Crippen LogP contribution in [-0.2, 0) is 0 Å². The van der Waals surface area contributed by atoms with Gasteiger partial charge in [-0.1, -0.05) is 26.8 Å². The van der Waals surface area contributed by atoms with Crippen molar-refractivity contribution in [1.29, 1.82) is 0 Å². The fraction of sp³-hybridized carbons (Fsp3) is 0.571. The van der Waals surface area contributed by atoms with Crippen molar-refractivity contribution in [3.05, 3.63) is 24.4 Å². The van der Waals surface area contributed by atoms with Gasteiger partial charge in [-0.05, 0) is 43.5 Å². The zero-order valence-electron chi connectivity index (χ0n) is 12.4. The van der Waals surface area contributed by atoms with Gasteiger partial charge in [-0.25, -0.2) is 9.29 Å². The first-order valence-corrected chi connectivity index (χ1v) is 7.16. The molecule has 19 heavy (non-hydrogen) atoms. The number of aliphatic imine (C=N–C) groups is 1. The highest BCUT2D eigenvalue weighted by Gasteiger charge is 2.25. The summed E-state index contributed by atoms with van der Waals surface area (Å²) >= 11 is 1.63. The van der Waals surface area contributed by atoms with Crippen molar-refractivity contribution in [1.82, 2.24) is 9.29 Å². The van der Waals surface area contributed by atoms with Crippen molar-refractivity contribution in [2.45, 2.75) is 38.8 Å². The molecular formula is C14H24N4S. The molecule has 1 heterocycles. The molecule has 4 nitrogen and oxygen atoms in total. The van der Waals surface area contributed by atoms with Crippen LogP contribution in [0.2, 0.25) is 0 Å². The maximum Gasteiger partial charge on any atom is 0.111 e. The minimum Gasteiger partial charge on any atom is -0.388 e. The maximum atomic E-state index is 5.73. The molecule has 0 aromatic carbocycles. The fourth-order valence-corrected chi connectivity index (χ4v) is 2.38. The van der Waals surface area contributed by atoms with Gasteiger partial charge in [0.1, 0.15) is 5.03 Å².